The summed E-state index contributed by atoms with van der Waals surface area (Å²) in [6.07, 6.45) is 5.47. The molecule has 1 aliphatic heterocycles. The van der Waals surface area contributed by atoms with Gasteiger partial charge in [0.2, 0.25) is 10.0 Å². The van der Waals surface area contributed by atoms with Crippen molar-refractivity contribution >= 4 is 15.7 Å². The fourth-order valence-corrected chi connectivity index (χ4v) is 4.46. The molecule has 1 fully saturated rings. The van der Waals surface area contributed by atoms with Crippen molar-refractivity contribution in [2.24, 2.45) is 0 Å². The number of para-hydroxylation sites is 1. The molecule has 0 aliphatic carbocycles. The second-order valence-corrected chi connectivity index (χ2v) is 7.81. The van der Waals surface area contributed by atoms with Crippen LogP contribution in [-0.2, 0) is 10.0 Å². The van der Waals surface area contributed by atoms with Gasteiger partial charge in [-0.3, -0.25) is 10.1 Å². The molecule has 1 aromatic carbocycles. The summed E-state index contributed by atoms with van der Waals surface area (Å²) >= 11 is 0. The highest BCUT2D eigenvalue weighted by Crippen LogP contribution is 2.23. The summed E-state index contributed by atoms with van der Waals surface area (Å²) in [6, 6.07) is 6.00. The molecule has 1 N–H and O–H groups in total. The molecule has 1 aliphatic rings. The molecule has 1 atom stereocenters. The quantitative estimate of drug-likeness (QED) is 0.439. The molecule has 1 saturated heterocycles. The van der Waals surface area contributed by atoms with E-state index in [1.165, 1.54) is 43.5 Å². The van der Waals surface area contributed by atoms with Gasteiger partial charge in [-0.2, -0.15) is 0 Å². The van der Waals surface area contributed by atoms with Crippen molar-refractivity contribution in [2.45, 2.75) is 50.0 Å². The van der Waals surface area contributed by atoms with Crippen LogP contribution in [0.15, 0.2) is 29.2 Å². The predicted molar refractivity (Wildman–Crippen MR) is 92.4 cm³/mol. The van der Waals surface area contributed by atoms with Crippen molar-refractivity contribution in [2.75, 3.05) is 19.6 Å². The topological polar surface area (TPSA) is 92.6 Å². The third-order valence-electron chi connectivity index (χ3n) is 4.49. The number of hydrogen-bond donors (Lipinski definition) is 1. The molecule has 8 heteroatoms. The minimum atomic E-state index is -3.87. The van der Waals surface area contributed by atoms with E-state index in [0.717, 1.165) is 19.5 Å². The van der Waals surface area contributed by atoms with Crippen LogP contribution in [0, 0.1) is 10.1 Å². The summed E-state index contributed by atoms with van der Waals surface area (Å²) in [5.74, 6) is 0. The Morgan fingerprint density at radius 3 is 2.79 bits per heavy atom. The van der Waals surface area contributed by atoms with Gasteiger partial charge in [-0.15, -0.1) is 0 Å². The number of nitrogens with zero attached hydrogens (tertiary/aromatic N) is 2. The van der Waals surface area contributed by atoms with E-state index in [2.05, 4.69) is 16.5 Å². The third-order valence-corrected chi connectivity index (χ3v) is 5.99. The SMILES string of the molecule is CCC1CCCCN1CCCNS(=O)(=O)c1ccccc1[N+](=O)[O-]. The van der Waals surface area contributed by atoms with Gasteiger partial charge in [0.15, 0.2) is 4.90 Å². The number of piperidine rings is 1. The molecule has 0 saturated carbocycles. The molecule has 0 bridgehead atoms. The highest BCUT2D eigenvalue weighted by Gasteiger charge is 2.25. The fraction of sp³-hybridized carbons (Fsp3) is 0.625. The first kappa shape index (κ1) is 18.8. The lowest BCUT2D eigenvalue weighted by Gasteiger charge is -2.35. The Bertz CT molecular complexity index is 663. The van der Waals surface area contributed by atoms with E-state index < -0.39 is 20.6 Å². The van der Waals surface area contributed by atoms with Crippen LogP contribution < -0.4 is 4.72 Å². The van der Waals surface area contributed by atoms with E-state index in [4.69, 9.17) is 0 Å². The zero-order valence-electron chi connectivity index (χ0n) is 14.0. The number of likely N-dealkylation sites (tertiary alicyclic amines) is 1. The number of hydrogen-bond acceptors (Lipinski definition) is 5. The van der Waals surface area contributed by atoms with Crippen LogP contribution in [0.1, 0.15) is 39.0 Å². The first-order valence-electron chi connectivity index (χ1n) is 8.43. The molecule has 2 rings (SSSR count). The van der Waals surface area contributed by atoms with Crippen LogP contribution in [0.4, 0.5) is 5.69 Å². The van der Waals surface area contributed by atoms with E-state index in [0.29, 0.717) is 12.5 Å². The molecule has 0 spiro atoms. The van der Waals surface area contributed by atoms with Crippen molar-refractivity contribution in [3.05, 3.63) is 34.4 Å². The molecular formula is C16H25N3O4S. The lowest BCUT2D eigenvalue weighted by atomic mass is 10.00. The maximum atomic E-state index is 12.3. The largest absolute Gasteiger partial charge is 0.300 e. The number of nitro benzene ring substituents is 1. The van der Waals surface area contributed by atoms with Gasteiger partial charge in [-0.25, -0.2) is 13.1 Å². The standard InChI is InChI=1S/C16H25N3O4S/c1-2-14-8-5-6-12-18(14)13-7-11-17-24(22,23)16-10-4-3-9-15(16)19(20)21/h3-4,9-10,14,17H,2,5-8,11-13H2,1H3. The summed E-state index contributed by atoms with van der Waals surface area (Å²) in [7, 11) is -3.87. The van der Waals surface area contributed by atoms with Crippen molar-refractivity contribution in [3.8, 4) is 0 Å². The van der Waals surface area contributed by atoms with E-state index in [1.54, 1.807) is 0 Å². The van der Waals surface area contributed by atoms with E-state index in [9.17, 15) is 18.5 Å². The minimum Gasteiger partial charge on any atom is -0.300 e. The zero-order valence-corrected chi connectivity index (χ0v) is 14.8. The monoisotopic (exact) mass is 355 g/mol. The second-order valence-electron chi connectivity index (χ2n) is 6.07. The highest BCUT2D eigenvalue weighted by atomic mass is 32.2. The number of rotatable bonds is 8. The smallest absolute Gasteiger partial charge is 0.289 e. The third kappa shape index (κ3) is 4.75. The van der Waals surface area contributed by atoms with E-state index >= 15 is 0 Å². The zero-order chi connectivity index (χ0) is 17.6. The lowest BCUT2D eigenvalue weighted by Crippen LogP contribution is -2.40. The average Bonchev–Trinajstić information content (AvgIpc) is 2.59. The van der Waals surface area contributed by atoms with Gasteiger partial charge in [0.1, 0.15) is 0 Å². The van der Waals surface area contributed by atoms with Gasteiger partial charge in [0.05, 0.1) is 4.92 Å². The van der Waals surface area contributed by atoms with Gasteiger partial charge in [-0.1, -0.05) is 25.5 Å². The van der Waals surface area contributed by atoms with Gasteiger partial charge in [0, 0.05) is 18.7 Å². The Labute approximate surface area is 143 Å². The minimum absolute atomic E-state index is 0.278. The number of nitro groups is 1. The fourth-order valence-electron chi connectivity index (χ4n) is 3.22. The Balaban J connectivity index is 1.90. The van der Waals surface area contributed by atoms with Gasteiger partial charge < -0.3 is 4.90 Å². The van der Waals surface area contributed by atoms with Crippen LogP contribution >= 0.6 is 0 Å². The predicted octanol–water partition coefficient (Wildman–Crippen LogP) is 2.53. The maximum absolute atomic E-state index is 12.3. The van der Waals surface area contributed by atoms with Crippen LogP contribution in [0.25, 0.3) is 0 Å². The molecule has 1 heterocycles. The summed E-state index contributed by atoms with van der Waals surface area (Å²) in [4.78, 5) is 12.4. The van der Waals surface area contributed by atoms with Gasteiger partial charge >= 0.3 is 0 Å². The Kier molecular flexibility index (Phi) is 6.70. The molecule has 134 valence electrons. The van der Waals surface area contributed by atoms with Crippen LogP contribution in [-0.4, -0.2) is 43.9 Å². The highest BCUT2D eigenvalue weighted by molar-refractivity contribution is 7.89. The summed E-state index contributed by atoms with van der Waals surface area (Å²) in [5.41, 5.74) is -0.396. The maximum Gasteiger partial charge on any atom is 0.289 e. The molecule has 0 aromatic heterocycles. The lowest BCUT2D eigenvalue weighted by molar-refractivity contribution is -0.387. The van der Waals surface area contributed by atoms with Crippen molar-refractivity contribution in [1.29, 1.82) is 0 Å². The molecule has 24 heavy (non-hydrogen) atoms. The van der Waals surface area contributed by atoms with Crippen LogP contribution in [0.3, 0.4) is 0 Å². The Morgan fingerprint density at radius 2 is 2.08 bits per heavy atom. The second kappa shape index (κ2) is 8.55. The number of benzene rings is 1. The Morgan fingerprint density at radius 1 is 1.33 bits per heavy atom. The molecular weight excluding hydrogens is 330 g/mol. The van der Waals surface area contributed by atoms with Crippen molar-refractivity contribution in [3.63, 3.8) is 0 Å². The van der Waals surface area contributed by atoms with Crippen molar-refractivity contribution < 1.29 is 13.3 Å². The molecule has 0 radical (unpaired) electrons. The first-order chi connectivity index (χ1) is 11.5. The summed E-state index contributed by atoms with van der Waals surface area (Å²) in [6.45, 7) is 4.37. The van der Waals surface area contributed by atoms with Crippen LogP contribution in [0.5, 0.6) is 0 Å². The number of nitrogens with one attached hydrogen (secondary N) is 1. The first-order valence-corrected chi connectivity index (χ1v) is 9.91. The summed E-state index contributed by atoms with van der Waals surface area (Å²) in [5, 5.41) is 11.0. The normalized spacial score (nSPS) is 19.3. The van der Waals surface area contributed by atoms with Crippen molar-refractivity contribution in [1.82, 2.24) is 9.62 Å². The molecule has 1 aromatic rings. The Hall–Kier alpha value is -1.51. The molecule has 1 unspecified atom stereocenters. The van der Waals surface area contributed by atoms with Crippen LogP contribution in [0.2, 0.25) is 0 Å². The number of sulfonamides is 1. The average molecular weight is 355 g/mol. The van der Waals surface area contributed by atoms with Gasteiger partial charge in [0.25, 0.3) is 5.69 Å². The van der Waals surface area contributed by atoms with E-state index in [-0.39, 0.29) is 11.4 Å². The summed E-state index contributed by atoms with van der Waals surface area (Å²) < 4.78 is 27.1. The van der Waals surface area contributed by atoms with E-state index in [1.807, 2.05) is 0 Å². The molecule has 0 amide bonds. The van der Waals surface area contributed by atoms with Gasteiger partial charge in [-0.05, 0) is 44.8 Å². The molecule has 7 nitrogen and oxygen atoms in total.